The number of fused-ring (bicyclic) bond motifs is 2. The molecular formula is C30H30O2. The molecule has 4 rings (SSSR count). The lowest BCUT2D eigenvalue weighted by atomic mass is 9.72. The fraction of sp³-hybridized carbons (Fsp3) is 0.300. The molecule has 2 heteroatoms. The molecule has 162 valence electrons. The highest BCUT2D eigenvalue weighted by atomic mass is 16.5. The van der Waals surface area contributed by atoms with Gasteiger partial charge in [-0.15, -0.1) is 0 Å². The summed E-state index contributed by atoms with van der Waals surface area (Å²) in [6.45, 7) is 11.0. The fourth-order valence-corrected chi connectivity index (χ4v) is 4.13. The second-order valence-corrected chi connectivity index (χ2v) is 10.2. The third-order valence-electron chi connectivity index (χ3n) is 6.02. The van der Waals surface area contributed by atoms with Gasteiger partial charge in [-0.2, -0.15) is 0 Å². The highest BCUT2D eigenvalue weighted by molar-refractivity contribution is 5.95. The number of methoxy groups -OCH3 is 1. The second kappa shape index (κ2) is 7.99. The Kier molecular flexibility index (Phi) is 5.47. The summed E-state index contributed by atoms with van der Waals surface area (Å²) in [7, 11) is 1.40. The molecule has 0 aromatic heterocycles. The minimum absolute atomic E-state index is 0.0334. The van der Waals surface area contributed by atoms with Crippen molar-refractivity contribution in [2.75, 3.05) is 7.11 Å². The number of hydrogen-bond acceptors (Lipinski definition) is 2. The number of carbonyl (C=O) groups excluding carboxylic acids is 1. The normalized spacial score (nSPS) is 14.8. The van der Waals surface area contributed by atoms with Crippen molar-refractivity contribution < 1.29 is 9.53 Å². The molecule has 0 bridgehead atoms. The molecular weight excluding hydrogens is 392 g/mol. The van der Waals surface area contributed by atoms with Gasteiger partial charge in [-0.3, -0.25) is 0 Å². The highest BCUT2D eigenvalue weighted by Crippen LogP contribution is 2.41. The third-order valence-corrected chi connectivity index (χ3v) is 6.02. The van der Waals surface area contributed by atoms with Crippen LogP contribution in [-0.2, 0) is 10.2 Å². The van der Waals surface area contributed by atoms with Crippen molar-refractivity contribution in [1.82, 2.24) is 0 Å². The van der Waals surface area contributed by atoms with Gasteiger partial charge in [0.2, 0.25) is 0 Å². The maximum absolute atomic E-state index is 11.7. The minimum Gasteiger partial charge on any atom is -0.465 e. The van der Waals surface area contributed by atoms with Gasteiger partial charge in [0.15, 0.2) is 0 Å². The average molecular weight is 423 g/mol. The predicted octanol–water partition coefficient (Wildman–Crippen LogP) is 7.41. The van der Waals surface area contributed by atoms with E-state index < -0.39 is 0 Å². The van der Waals surface area contributed by atoms with E-state index in [1.807, 2.05) is 24.3 Å². The topological polar surface area (TPSA) is 26.3 Å². The maximum Gasteiger partial charge on any atom is 0.337 e. The number of hydrogen-bond donors (Lipinski definition) is 0. The molecule has 0 aliphatic heterocycles. The van der Waals surface area contributed by atoms with Gasteiger partial charge in [-0.1, -0.05) is 56.0 Å². The standard InChI is InChI=1S/C30H30O2/c1-29(2,3)15-13-21-14-16-30(4,5)27-19-24-12-11-23(17-25(24)18-26(21)27)20-7-9-22(10-8-20)28(31)32-6/h7-12,14,17-19H,16H2,1-6H3. The van der Waals surface area contributed by atoms with E-state index >= 15 is 0 Å². The molecule has 0 N–H and O–H groups in total. The van der Waals surface area contributed by atoms with E-state index in [0.717, 1.165) is 23.1 Å². The summed E-state index contributed by atoms with van der Waals surface area (Å²) >= 11 is 0. The van der Waals surface area contributed by atoms with Gasteiger partial charge < -0.3 is 4.74 Å². The molecule has 0 fully saturated rings. The SMILES string of the molecule is COC(=O)c1ccc(-c2ccc3cc4c(cc3c2)C(C#CC(C)(C)C)=CCC4(C)C)cc1. The molecule has 0 saturated heterocycles. The molecule has 32 heavy (non-hydrogen) atoms. The molecule has 0 atom stereocenters. The second-order valence-electron chi connectivity index (χ2n) is 10.2. The van der Waals surface area contributed by atoms with Crippen molar-refractivity contribution in [2.45, 2.75) is 46.5 Å². The zero-order valence-electron chi connectivity index (χ0n) is 19.8. The Balaban J connectivity index is 1.80. The van der Waals surface area contributed by atoms with Crippen LogP contribution in [0, 0.1) is 17.3 Å². The van der Waals surface area contributed by atoms with Crippen molar-refractivity contribution in [2.24, 2.45) is 5.41 Å². The molecule has 3 aromatic carbocycles. The first-order chi connectivity index (χ1) is 15.1. The van der Waals surface area contributed by atoms with Gasteiger partial charge in [-0.25, -0.2) is 4.79 Å². The van der Waals surface area contributed by atoms with Crippen molar-refractivity contribution >= 4 is 22.3 Å². The van der Waals surface area contributed by atoms with Crippen LogP contribution >= 0.6 is 0 Å². The van der Waals surface area contributed by atoms with Crippen LogP contribution in [-0.4, -0.2) is 13.1 Å². The molecule has 2 nitrogen and oxygen atoms in total. The van der Waals surface area contributed by atoms with Crippen LogP contribution in [0.5, 0.6) is 0 Å². The molecule has 0 unspecified atom stereocenters. The number of esters is 1. The predicted molar refractivity (Wildman–Crippen MR) is 134 cm³/mol. The van der Waals surface area contributed by atoms with Crippen LogP contribution in [0.2, 0.25) is 0 Å². The molecule has 1 aliphatic rings. The highest BCUT2D eigenvalue weighted by Gasteiger charge is 2.28. The van der Waals surface area contributed by atoms with Crippen molar-refractivity contribution in [3.05, 3.63) is 77.4 Å². The van der Waals surface area contributed by atoms with Gasteiger partial charge in [0.05, 0.1) is 12.7 Å². The molecule has 0 amide bonds. The van der Waals surface area contributed by atoms with Gasteiger partial charge in [0, 0.05) is 11.0 Å². The summed E-state index contributed by atoms with van der Waals surface area (Å²) in [4.78, 5) is 11.7. The van der Waals surface area contributed by atoms with E-state index in [1.54, 1.807) is 0 Å². The van der Waals surface area contributed by atoms with Crippen LogP contribution in [0.1, 0.15) is 62.5 Å². The van der Waals surface area contributed by atoms with Crippen LogP contribution in [0.4, 0.5) is 0 Å². The lowest BCUT2D eigenvalue weighted by molar-refractivity contribution is 0.0600. The minimum atomic E-state index is -0.319. The monoisotopic (exact) mass is 422 g/mol. The third kappa shape index (κ3) is 4.34. The van der Waals surface area contributed by atoms with E-state index in [4.69, 9.17) is 4.74 Å². The first-order valence-corrected chi connectivity index (χ1v) is 11.1. The summed E-state index contributed by atoms with van der Waals surface area (Å²) in [5, 5.41) is 2.43. The van der Waals surface area contributed by atoms with Crippen LogP contribution in [0.15, 0.2) is 60.7 Å². The average Bonchev–Trinajstić information content (AvgIpc) is 2.76. The van der Waals surface area contributed by atoms with E-state index in [9.17, 15) is 4.79 Å². The number of ether oxygens (including phenoxy) is 1. The maximum atomic E-state index is 11.7. The lowest BCUT2D eigenvalue weighted by Crippen LogP contribution is -2.21. The molecule has 0 saturated carbocycles. The quantitative estimate of drug-likeness (QED) is 0.317. The molecule has 0 heterocycles. The van der Waals surface area contributed by atoms with E-state index in [1.165, 1.54) is 29.0 Å². The fourth-order valence-electron chi connectivity index (χ4n) is 4.13. The Labute approximate surface area is 191 Å². The van der Waals surface area contributed by atoms with Gasteiger partial charge >= 0.3 is 5.97 Å². The summed E-state index contributed by atoms with van der Waals surface area (Å²) in [5.41, 5.74) is 6.53. The Morgan fingerprint density at radius 2 is 1.62 bits per heavy atom. The Bertz CT molecular complexity index is 1290. The van der Waals surface area contributed by atoms with Gasteiger partial charge in [0.25, 0.3) is 0 Å². The number of carbonyl (C=O) groups is 1. The number of benzene rings is 3. The summed E-state index contributed by atoms with van der Waals surface area (Å²) in [6, 6.07) is 18.7. The van der Waals surface area contributed by atoms with E-state index in [-0.39, 0.29) is 16.8 Å². The Morgan fingerprint density at radius 1 is 0.938 bits per heavy atom. The van der Waals surface area contributed by atoms with Gasteiger partial charge in [-0.05, 0) is 96.0 Å². The molecule has 1 aliphatic carbocycles. The Morgan fingerprint density at radius 3 is 2.28 bits per heavy atom. The Hall–Kier alpha value is -3.31. The smallest absolute Gasteiger partial charge is 0.337 e. The molecule has 0 spiro atoms. The van der Waals surface area contributed by atoms with Crippen molar-refractivity contribution in [3.8, 4) is 23.0 Å². The zero-order chi connectivity index (χ0) is 23.1. The van der Waals surface area contributed by atoms with Crippen LogP contribution < -0.4 is 0 Å². The molecule has 0 radical (unpaired) electrons. The van der Waals surface area contributed by atoms with Crippen LogP contribution in [0.25, 0.3) is 27.5 Å². The largest absolute Gasteiger partial charge is 0.465 e. The van der Waals surface area contributed by atoms with Crippen molar-refractivity contribution in [1.29, 1.82) is 0 Å². The first-order valence-electron chi connectivity index (χ1n) is 11.1. The zero-order valence-corrected chi connectivity index (χ0v) is 19.8. The van der Waals surface area contributed by atoms with E-state index in [0.29, 0.717) is 5.56 Å². The van der Waals surface area contributed by atoms with Gasteiger partial charge in [0.1, 0.15) is 0 Å². The van der Waals surface area contributed by atoms with Crippen molar-refractivity contribution in [3.63, 3.8) is 0 Å². The lowest BCUT2D eigenvalue weighted by Gasteiger charge is -2.31. The summed E-state index contributed by atoms with van der Waals surface area (Å²) in [5.74, 6) is 6.54. The summed E-state index contributed by atoms with van der Waals surface area (Å²) < 4.78 is 4.80. The first kappa shape index (κ1) is 21.9. The van der Waals surface area contributed by atoms with Crippen LogP contribution in [0.3, 0.4) is 0 Å². The number of allylic oxidation sites excluding steroid dienone is 2. The molecule has 3 aromatic rings. The summed E-state index contributed by atoms with van der Waals surface area (Å²) in [6.07, 6.45) is 3.28. The van der Waals surface area contributed by atoms with E-state index in [2.05, 4.69) is 82.9 Å². The number of rotatable bonds is 2.